The largest absolute Gasteiger partial charge is 0.279 e. The average molecular weight is 300 g/mol. The van der Waals surface area contributed by atoms with Gasteiger partial charge in [0, 0.05) is 37.3 Å². The molecular formula is C16H20N4S. The lowest BCUT2D eigenvalue weighted by Crippen LogP contribution is -2.00. The molecule has 21 heavy (non-hydrogen) atoms. The molecule has 0 saturated heterocycles. The maximum absolute atomic E-state index is 4.63. The number of hydrogen-bond donors (Lipinski definition) is 0. The highest BCUT2D eigenvalue weighted by Crippen LogP contribution is 2.20. The van der Waals surface area contributed by atoms with Crippen molar-refractivity contribution in [3.63, 3.8) is 0 Å². The van der Waals surface area contributed by atoms with Crippen LogP contribution < -0.4 is 0 Å². The minimum absolute atomic E-state index is 0.468. The molecule has 5 heteroatoms. The van der Waals surface area contributed by atoms with Crippen molar-refractivity contribution in [3.8, 4) is 0 Å². The zero-order valence-electron chi connectivity index (χ0n) is 12.5. The van der Waals surface area contributed by atoms with E-state index in [9.17, 15) is 0 Å². The van der Waals surface area contributed by atoms with E-state index in [2.05, 4.69) is 40.2 Å². The summed E-state index contributed by atoms with van der Waals surface area (Å²) in [6, 6.07) is 6.83. The first-order chi connectivity index (χ1) is 10.2. The Morgan fingerprint density at radius 1 is 1.24 bits per heavy atom. The predicted molar refractivity (Wildman–Crippen MR) is 87.9 cm³/mol. The number of thioether (sulfide) groups is 1. The summed E-state index contributed by atoms with van der Waals surface area (Å²) >= 11 is 1.87. The molecule has 0 aliphatic carbocycles. The molecular weight excluding hydrogens is 280 g/mol. The van der Waals surface area contributed by atoms with Crippen LogP contribution in [0.4, 0.5) is 0 Å². The second kappa shape index (κ2) is 6.43. The van der Waals surface area contributed by atoms with E-state index in [1.165, 1.54) is 10.6 Å². The standard InChI is InChI=1S/C16H20N4S/c1-12-11-21-16(18-12)9-13-3-4-14(17-10-13)5-6-15-7-8-20(2)19-15/h3-4,7-8,10,12H,5-6,9,11H2,1-2H3. The van der Waals surface area contributed by atoms with Crippen LogP contribution in [0.1, 0.15) is 23.9 Å². The summed E-state index contributed by atoms with van der Waals surface area (Å²) in [6.45, 7) is 2.17. The Kier molecular flexibility index (Phi) is 4.39. The van der Waals surface area contributed by atoms with Gasteiger partial charge in [0.05, 0.1) is 16.8 Å². The van der Waals surface area contributed by atoms with Crippen LogP contribution in [-0.2, 0) is 26.3 Å². The molecule has 0 aromatic carbocycles. The van der Waals surface area contributed by atoms with Crippen molar-refractivity contribution < 1.29 is 0 Å². The molecule has 1 aliphatic heterocycles. The Hall–Kier alpha value is -1.62. The van der Waals surface area contributed by atoms with E-state index in [0.717, 1.165) is 36.4 Å². The molecule has 0 spiro atoms. The quantitative estimate of drug-likeness (QED) is 0.852. The van der Waals surface area contributed by atoms with Crippen LogP contribution in [0.3, 0.4) is 0 Å². The minimum Gasteiger partial charge on any atom is -0.279 e. The third-order valence-corrected chi connectivity index (χ3v) is 4.74. The lowest BCUT2D eigenvalue weighted by Gasteiger charge is -2.03. The predicted octanol–water partition coefficient (Wildman–Crippen LogP) is 2.68. The van der Waals surface area contributed by atoms with Gasteiger partial charge in [-0.15, -0.1) is 11.8 Å². The summed E-state index contributed by atoms with van der Waals surface area (Å²) in [5.74, 6) is 1.12. The van der Waals surface area contributed by atoms with E-state index >= 15 is 0 Å². The lowest BCUT2D eigenvalue weighted by atomic mass is 10.1. The molecule has 0 bridgehead atoms. The van der Waals surface area contributed by atoms with Crippen LogP contribution in [0.2, 0.25) is 0 Å². The average Bonchev–Trinajstić information content (AvgIpc) is 3.07. The normalized spacial score (nSPS) is 18.0. The fourth-order valence-corrected chi connectivity index (χ4v) is 3.40. The molecule has 1 unspecified atom stereocenters. The van der Waals surface area contributed by atoms with Gasteiger partial charge < -0.3 is 0 Å². The van der Waals surface area contributed by atoms with E-state index < -0.39 is 0 Å². The molecule has 2 aromatic rings. The smallest absolute Gasteiger partial charge is 0.0724 e. The van der Waals surface area contributed by atoms with Crippen molar-refractivity contribution >= 4 is 16.8 Å². The van der Waals surface area contributed by atoms with Gasteiger partial charge in [0.2, 0.25) is 0 Å². The van der Waals surface area contributed by atoms with Crippen LogP contribution in [-0.4, -0.2) is 31.6 Å². The maximum Gasteiger partial charge on any atom is 0.0724 e. The molecule has 0 N–H and O–H groups in total. The maximum atomic E-state index is 4.63. The first-order valence-electron chi connectivity index (χ1n) is 7.31. The van der Waals surface area contributed by atoms with Gasteiger partial charge in [0.1, 0.15) is 0 Å². The second-order valence-electron chi connectivity index (χ2n) is 5.50. The first kappa shape index (κ1) is 14.3. The summed E-state index contributed by atoms with van der Waals surface area (Å²) < 4.78 is 1.84. The molecule has 0 radical (unpaired) electrons. The van der Waals surface area contributed by atoms with Crippen molar-refractivity contribution in [2.75, 3.05) is 5.75 Å². The van der Waals surface area contributed by atoms with Crippen LogP contribution in [0, 0.1) is 0 Å². The van der Waals surface area contributed by atoms with Crippen LogP contribution >= 0.6 is 11.8 Å². The van der Waals surface area contributed by atoms with Gasteiger partial charge in [-0.25, -0.2) is 0 Å². The van der Waals surface area contributed by atoms with Crippen LogP contribution in [0.5, 0.6) is 0 Å². The van der Waals surface area contributed by atoms with E-state index in [1.807, 2.05) is 35.9 Å². The first-order valence-corrected chi connectivity index (χ1v) is 8.29. The molecule has 4 nitrogen and oxygen atoms in total. The Balaban J connectivity index is 1.55. The Bertz CT molecular complexity index is 630. The van der Waals surface area contributed by atoms with Gasteiger partial charge in [-0.3, -0.25) is 14.7 Å². The van der Waals surface area contributed by atoms with Crippen molar-refractivity contribution in [3.05, 3.63) is 47.5 Å². The molecule has 0 fully saturated rings. The van der Waals surface area contributed by atoms with Gasteiger partial charge in [0.15, 0.2) is 0 Å². The van der Waals surface area contributed by atoms with Gasteiger partial charge in [-0.2, -0.15) is 5.10 Å². The number of hydrogen-bond acceptors (Lipinski definition) is 4. The summed E-state index contributed by atoms with van der Waals surface area (Å²) in [5.41, 5.74) is 3.49. The monoisotopic (exact) mass is 300 g/mol. The van der Waals surface area contributed by atoms with E-state index in [0.29, 0.717) is 6.04 Å². The highest BCUT2D eigenvalue weighted by molar-refractivity contribution is 8.14. The third-order valence-electron chi connectivity index (χ3n) is 3.50. The Morgan fingerprint density at radius 2 is 2.10 bits per heavy atom. The Morgan fingerprint density at radius 3 is 2.71 bits per heavy atom. The number of nitrogens with zero attached hydrogens (tertiary/aromatic N) is 4. The van der Waals surface area contributed by atoms with Crippen LogP contribution in [0.15, 0.2) is 35.6 Å². The van der Waals surface area contributed by atoms with Crippen molar-refractivity contribution in [1.82, 2.24) is 14.8 Å². The molecule has 0 amide bonds. The van der Waals surface area contributed by atoms with Gasteiger partial charge in [-0.1, -0.05) is 6.07 Å². The van der Waals surface area contributed by atoms with Gasteiger partial charge >= 0.3 is 0 Å². The second-order valence-corrected chi connectivity index (χ2v) is 6.59. The molecule has 2 aromatic heterocycles. The number of rotatable bonds is 5. The summed E-state index contributed by atoms with van der Waals surface area (Å²) in [4.78, 5) is 9.19. The third kappa shape index (κ3) is 3.94. The number of aromatic nitrogens is 3. The molecule has 3 rings (SSSR count). The summed E-state index contributed by atoms with van der Waals surface area (Å²) in [5, 5.41) is 5.63. The number of aliphatic imine (C=N–C) groups is 1. The highest BCUT2D eigenvalue weighted by atomic mass is 32.2. The topological polar surface area (TPSA) is 43.1 Å². The summed E-state index contributed by atoms with van der Waals surface area (Å²) in [7, 11) is 1.95. The van der Waals surface area contributed by atoms with E-state index in [4.69, 9.17) is 0 Å². The van der Waals surface area contributed by atoms with Crippen LogP contribution in [0.25, 0.3) is 0 Å². The molecule has 110 valence electrons. The fraction of sp³-hybridized carbons (Fsp3) is 0.438. The molecule has 3 heterocycles. The fourth-order valence-electron chi connectivity index (χ4n) is 2.37. The van der Waals surface area contributed by atoms with Crippen molar-refractivity contribution in [1.29, 1.82) is 0 Å². The number of aryl methyl sites for hydroxylation is 3. The minimum atomic E-state index is 0.468. The van der Waals surface area contributed by atoms with Gasteiger partial charge in [0.25, 0.3) is 0 Å². The molecule has 0 saturated carbocycles. The number of pyridine rings is 1. The van der Waals surface area contributed by atoms with Crippen molar-refractivity contribution in [2.45, 2.75) is 32.2 Å². The molecule has 1 atom stereocenters. The Labute approximate surface area is 129 Å². The molecule has 1 aliphatic rings. The van der Waals surface area contributed by atoms with E-state index in [1.54, 1.807) is 0 Å². The lowest BCUT2D eigenvalue weighted by molar-refractivity contribution is 0.734. The zero-order chi connectivity index (χ0) is 14.7. The zero-order valence-corrected chi connectivity index (χ0v) is 13.3. The highest BCUT2D eigenvalue weighted by Gasteiger charge is 2.14. The van der Waals surface area contributed by atoms with Gasteiger partial charge in [-0.05, 0) is 37.5 Å². The SMILES string of the molecule is CC1CSC(Cc2ccc(CCc3ccn(C)n3)nc2)=N1. The summed E-state index contributed by atoms with van der Waals surface area (Å²) in [6.07, 6.45) is 6.76. The van der Waals surface area contributed by atoms with E-state index in [-0.39, 0.29) is 0 Å². The van der Waals surface area contributed by atoms with Crippen molar-refractivity contribution in [2.24, 2.45) is 12.0 Å².